The van der Waals surface area contributed by atoms with Gasteiger partial charge in [-0.05, 0) is 122 Å². The number of hydrogen-bond donors (Lipinski definition) is 1. The quantitative estimate of drug-likeness (QED) is 0.0211. The van der Waals surface area contributed by atoms with Crippen LogP contribution in [0.5, 0.6) is 0 Å². The lowest BCUT2D eigenvalue weighted by Crippen LogP contribution is -2.40. The standard InChI is InChI=1S/C71H115NO8/c1-6-8-10-12-14-16-18-20-22-23-24-25-26-27-28-29-30-31-32-33-34-35-36-37-38-39-40-41-42-43-44-45-46-47-48-50-52-54-56-58-60-62-69(74)80-67(66-79-71(70(75)76)77-64-63-72(3,4)5)65-78-68(73)61-59-57-55-53-51-49-21-19-17-15-13-11-9-7-2/h8,10,14,16,19-22,24-25,27-28,30-31,33-34,36-37,39-40,42-43,45-46,67,71H,6-7,9,11-13,15,17-18,23,26,29,32,35,38,41,44,47-66H2,1-5H3/p+1/b10-8-,16-14-,21-19-,22-20-,25-24-,28-27-,31-30-,34-33-,37-36-,40-39-,43-42-,46-45-. The van der Waals surface area contributed by atoms with Crippen molar-refractivity contribution in [2.75, 3.05) is 47.5 Å². The Kier molecular flexibility index (Phi) is 56.6. The van der Waals surface area contributed by atoms with Crippen molar-refractivity contribution >= 4 is 17.9 Å². The van der Waals surface area contributed by atoms with Crippen LogP contribution in [0.25, 0.3) is 0 Å². The van der Waals surface area contributed by atoms with Crippen LogP contribution < -0.4 is 0 Å². The summed E-state index contributed by atoms with van der Waals surface area (Å²) in [6, 6.07) is 0. The molecule has 0 aliphatic carbocycles. The largest absolute Gasteiger partial charge is 0.477 e. The molecule has 9 nitrogen and oxygen atoms in total. The minimum absolute atomic E-state index is 0.177. The fourth-order valence-corrected chi connectivity index (χ4v) is 8.01. The Balaban J connectivity index is 4.19. The van der Waals surface area contributed by atoms with Gasteiger partial charge in [0.25, 0.3) is 6.29 Å². The van der Waals surface area contributed by atoms with E-state index in [1.54, 1.807) is 0 Å². The van der Waals surface area contributed by atoms with Crippen LogP contribution in [-0.2, 0) is 33.3 Å². The fraction of sp³-hybridized carbons (Fsp3) is 0.620. The van der Waals surface area contributed by atoms with Crippen LogP contribution in [0.3, 0.4) is 0 Å². The van der Waals surface area contributed by atoms with E-state index in [0.717, 1.165) is 135 Å². The van der Waals surface area contributed by atoms with Gasteiger partial charge in [-0.15, -0.1) is 0 Å². The number of ether oxygens (including phenoxy) is 4. The molecule has 0 aliphatic rings. The van der Waals surface area contributed by atoms with Crippen LogP contribution in [0, 0.1) is 0 Å². The fourth-order valence-electron chi connectivity index (χ4n) is 8.01. The smallest absolute Gasteiger partial charge is 0.361 e. The summed E-state index contributed by atoms with van der Waals surface area (Å²) < 4.78 is 22.8. The number of esters is 2. The van der Waals surface area contributed by atoms with Gasteiger partial charge >= 0.3 is 17.9 Å². The maximum Gasteiger partial charge on any atom is 0.361 e. The van der Waals surface area contributed by atoms with Crippen molar-refractivity contribution in [3.05, 3.63) is 146 Å². The number of rotatable bonds is 56. The first-order valence-corrected chi connectivity index (χ1v) is 31.5. The van der Waals surface area contributed by atoms with Crippen LogP contribution in [0.1, 0.15) is 226 Å². The van der Waals surface area contributed by atoms with Gasteiger partial charge in [-0.1, -0.05) is 237 Å². The number of likely N-dealkylation sites (N-methyl/N-ethyl adjacent to an activating group) is 1. The maximum atomic E-state index is 12.9. The zero-order valence-corrected chi connectivity index (χ0v) is 51.4. The number of nitrogens with zero attached hydrogens (tertiary/aromatic N) is 1. The van der Waals surface area contributed by atoms with Gasteiger partial charge in [-0.3, -0.25) is 9.59 Å². The van der Waals surface area contributed by atoms with Crippen LogP contribution in [0.2, 0.25) is 0 Å². The molecule has 0 spiro atoms. The van der Waals surface area contributed by atoms with Gasteiger partial charge in [-0.25, -0.2) is 4.79 Å². The molecule has 0 heterocycles. The van der Waals surface area contributed by atoms with Gasteiger partial charge in [0.2, 0.25) is 0 Å². The molecule has 0 rings (SSSR count). The second-order valence-corrected chi connectivity index (χ2v) is 21.6. The van der Waals surface area contributed by atoms with Gasteiger partial charge in [-0.2, -0.15) is 0 Å². The van der Waals surface area contributed by atoms with Gasteiger partial charge in [0, 0.05) is 12.8 Å². The molecule has 0 amide bonds. The molecule has 0 fully saturated rings. The number of carboxylic acids is 1. The third kappa shape index (κ3) is 60.8. The van der Waals surface area contributed by atoms with E-state index in [9.17, 15) is 19.5 Å². The van der Waals surface area contributed by atoms with Crippen molar-refractivity contribution in [2.45, 2.75) is 238 Å². The first kappa shape index (κ1) is 75.2. The van der Waals surface area contributed by atoms with E-state index in [2.05, 4.69) is 160 Å². The molecule has 9 heteroatoms. The predicted molar refractivity (Wildman–Crippen MR) is 340 cm³/mol. The van der Waals surface area contributed by atoms with E-state index in [1.165, 1.54) is 57.8 Å². The molecule has 0 aromatic carbocycles. The highest BCUT2D eigenvalue weighted by Gasteiger charge is 2.25. The van der Waals surface area contributed by atoms with Gasteiger partial charge in [0.05, 0.1) is 34.4 Å². The molecule has 0 aromatic heterocycles. The van der Waals surface area contributed by atoms with Crippen molar-refractivity contribution in [1.82, 2.24) is 0 Å². The number of allylic oxidation sites excluding steroid dienone is 24. The lowest BCUT2D eigenvalue weighted by Gasteiger charge is -2.25. The lowest BCUT2D eigenvalue weighted by atomic mass is 10.1. The summed E-state index contributed by atoms with van der Waals surface area (Å²) in [6.45, 7) is 4.71. The number of unbranched alkanes of at least 4 members (excludes halogenated alkanes) is 17. The zero-order chi connectivity index (χ0) is 58.3. The van der Waals surface area contributed by atoms with E-state index >= 15 is 0 Å². The highest BCUT2D eigenvalue weighted by Crippen LogP contribution is 2.14. The summed E-state index contributed by atoms with van der Waals surface area (Å²) in [4.78, 5) is 37.4. The summed E-state index contributed by atoms with van der Waals surface area (Å²) in [5.41, 5.74) is 0. The Hall–Kier alpha value is -4.83. The van der Waals surface area contributed by atoms with E-state index in [4.69, 9.17) is 18.9 Å². The van der Waals surface area contributed by atoms with Gasteiger partial charge < -0.3 is 28.5 Å². The second-order valence-electron chi connectivity index (χ2n) is 21.6. The maximum absolute atomic E-state index is 12.9. The SMILES string of the molecule is CC/C=C\C/C=C\C/C=C\C/C=C\C/C=C\C/C=C\C/C=C\C/C=C\C/C=C\C/C=C\C/C=C\CCCCCCCCCC(=O)OC(COC(=O)CCCCCCC/C=C\CCCCCCC)COC(OCC[N+](C)(C)C)C(=O)O. The molecule has 0 saturated heterocycles. The average molecular weight is 1110 g/mol. The van der Waals surface area contributed by atoms with E-state index < -0.39 is 24.3 Å². The molecular formula is C71H116NO8+. The minimum Gasteiger partial charge on any atom is -0.477 e. The topological polar surface area (TPSA) is 108 Å². The summed E-state index contributed by atoms with van der Waals surface area (Å²) in [6.07, 6.45) is 85.1. The highest BCUT2D eigenvalue weighted by molar-refractivity contribution is 5.71. The molecule has 0 aliphatic heterocycles. The number of carbonyl (C=O) groups excluding carboxylic acids is 2. The molecule has 2 unspecified atom stereocenters. The van der Waals surface area contributed by atoms with Crippen LogP contribution in [0.4, 0.5) is 0 Å². The molecule has 452 valence electrons. The van der Waals surface area contributed by atoms with Crippen molar-refractivity contribution in [3.63, 3.8) is 0 Å². The normalized spacial score (nSPS) is 13.8. The minimum atomic E-state index is -1.52. The van der Waals surface area contributed by atoms with Crippen molar-refractivity contribution in [1.29, 1.82) is 0 Å². The Morgan fingerprint density at radius 1 is 0.388 bits per heavy atom. The molecular weight excluding hydrogens is 995 g/mol. The lowest BCUT2D eigenvalue weighted by molar-refractivity contribution is -0.870. The highest BCUT2D eigenvalue weighted by atomic mass is 16.7. The van der Waals surface area contributed by atoms with E-state index in [1.807, 2.05) is 21.1 Å². The van der Waals surface area contributed by atoms with Crippen molar-refractivity contribution in [3.8, 4) is 0 Å². The average Bonchev–Trinajstić information content (AvgIpc) is 3.43. The van der Waals surface area contributed by atoms with Gasteiger partial charge in [0.15, 0.2) is 6.10 Å². The summed E-state index contributed by atoms with van der Waals surface area (Å²) >= 11 is 0. The zero-order valence-electron chi connectivity index (χ0n) is 51.4. The number of quaternary nitrogens is 1. The van der Waals surface area contributed by atoms with Gasteiger partial charge in [0.1, 0.15) is 13.2 Å². The Bertz CT molecular complexity index is 1820. The third-order valence-electron chi connectivity index (χ3n) is 12.8. The Morgan fingerprint density at radius 2 is 0.713 bits per heavy atom. The van der Waals surface area contributed by atoms with Crippen LogP contribution >= 0.6 is 0 Å². The Labute approximate surface area is 490 Å². The van der Waals surface area contributed by atoms with Crippen LogP contribution in [-0.4, -0.2) is 87.4 Å². The first-order valence-electron chi connectivity index (χ1n) is 31.5. The van der Waals surface area contributed by atoms with Crippen molar-refractivity contribution < 1.29 is 42.9 Å². The molecule has 0 saturated carbocycles. The summed E-state index contributed by atoms with van der Waals surface area (Å²) in [7, 11) is 5.95. The molecule has 0 bridgehead atoms. The number of carboxylic acid groups (broad SMARTS) is 1. The molecule has 80 heavy (non-hydrogen) atoms. The number of aliphatic carboxylic acids is 1. The molecule has 0 radical (unpaired) electrons. The predicted octanol–water partition coefficient (Wildman–Crippen LogP) is 19.2. The second kappa shape index (κ2) is 60.3. The Morgan fingerprint density at radius 3 is 1.07 bits per heavy atom. The summed E-state index contributed by atoms with van der Waals surface area (Å²) in [5.74, 6) is -2.05. The third-order valence-corrected chi connectivity index (χ3v) is 12.8. The van der Waals surface area contributed by atoms with Crippen LogP contribution in [0.15, 0.2) is 146 Å². The number of carbonyl (C=O) groups is 3. The molecule has 2 atom stereocenters. The van der Waals surface area contributed by atoms with Crippen molar-refractivity contribution in [2.24, 2.45) is 0 Å². The summed E-state index contributed by atoms with van der Waals surface area (Å²) in [5, 5.41) is 9.70. The van der Waals surface area contributed by atoms with E-state index in [0.29, 0.717) is 17.4 Å². The molecule has 1 N–H and O–H groups in total. The molecule has 0 aromatic rings. The first-order chi connectivity index (χ1) is 39.1. The van der Waals surface area contributed by atoms with E-state index in [-0.39, 0.29) is 38.6 Å². The number of hydrogen-bond acceptors (Lipinski definition) is 7. The monoisotopic (exact) mass is 1110 g/mol.